The number of benzene rings is 2. The second-order valence-corrected chi connectivity index (χ2v) is 6.19. The molecule has 1 aliphatic rings. The number of hydrogen-bond donors (Lipinski definition) is 0. The molecular formula is C20H24N2O2. The van der Waals surface area contributed by atoms with Gasteiger partial charge in [0.15, 0.2) is 0 Å². The number of carbonyl (C=O) groups is 1. The zero-order valence-corrected chi connectivity index (χ0v) is 14.3. The molecular weight excluding hydrogens is 300 g/mol. The van der Waals surface area contributed by atoms with Crippen LogP contribution in [0.5, 0.6) is 5.75 Å². The van der Waals surface area contributed by atoms with Crippen LogP contribution in [0.1, 0.15) is 24.4 Å². The van der Waals surface area contributed by atoms with Crippen molar-refractivity contribution in [3.05, 3.63) is 60.2 Å². The Kier molecular flexibility index (Phi) is 5.16. The molecule has 0 bridgehead atoms. The molecule has 1 atom stereocenters. The van der Waals surface area contributed by atoms with Crippen LogP contribution in [0, 0.1) is 0 Å². The van der Waals surface area contributed by atoms with Crippen molar-refractivity contribution >= 4 is 11.6 Å². The molecule has 1 aliphatic heterocycles. The Hall–Kier alpha value is -2.33. The van der Waals surface area contributed by atoms with Gasteiger partial charge in [-0.05, 0) is 49.2 Å². The second kappa shape index (κ2) is 7.49. The van der Waals surface area contributed by atoms with Crippen LogP contribution in [0.3, 0.4) is 0 Å². The van der Waals surface area contributed by atoms with Crippen LogP contribution in [0.2, 0.25) is 0 Å². The maximum Gasteiger partial charge on any atom is 0.240 e. The fraction of sp³-hybridized carbons (Fsp3) is 0.350. The Morgan fingerprint density at radius 3 is 2.75 bits per heavy atom. The lowest BCUT2D eigenvalue weighted by Gasteiger charge is -2.27. The average molecular weight is 324 g/mol. The van der Waals surface area contributed by atoms with Gasteiger partial charge in [0.1, 0.15) is 5.75 Å². The smallest absolute Gasteiger partial charge is 0.240 e. The van der Waals surface area contributed by atoms with E-state index in [0.29, 0.717) is 6.54 Å². The van der Waals surface area contributed by atoms with Crippen LogP contribution in [-0.4, -0.2) is 38.1 Å². The Labute approximate surface area is 143 Å². The number of para-hydroxylation sites is 1. The monoisotopic (exact) mass is 324 g/mol. The topological polar surface area (TPSA) is 32.8 Å². The Balaban J connectivity index is 1.70. The molecule has 4 heteroatoms. The van der Waals surface area contributed by atoms with E-state index in [4.69, 9.17) is 4.74 Å². The van der Waals surface area contributed by atoms with Gasteiger partial charge in [0.2, 0.25) is 5.91 Å². The van der Waals surface area contributed by atoms with Crippen molar-refractivity contribution in [2.24, 2.45) is 0 Å². The molecule has 1 amide bonds. The molecule has 1 unspecified atom stereocenters. The first-order valence-corrected chi connectivity index (χ1v) is 8.38. The lowest BCUT2D eigenvalue weighted by Crippen LogP contribution is -2.38. The number of ether oxygens (including phenoxy) is 1. The predicted molar refractivity (Wildman–Crippen MR) is 96.4 cm³/mol. The van der Waals surface area contributed by atoms with Crippen LogP contribution in [0.4, 0.5) is 5.69 Å². The lowest BCUT2D eigenvalue weighted by molar-refractivity contribution is -0.119. The highest BCUT2D eigenvalue weighted by molar-refractivity contribution is 5.94. The van der Waals surface area contributed by atoms with E-state index >= 15 is 0 Å². The van der Waals surface area contributed by atoms with Crippen LogP contribution >= 0.6 is 0 Å². The number of likely N-dealkylation sites (tertiary alicyclic amines) is 1. The molecule has 3 rings (SSSR count). The first kappa shape index (κ1) is 16.5. The minimum Gasteiger partial charge on any atom is -0.497 e. The van der Waals surface area contributed by atoms with E-state index in [-0.39, 0.29) is 11.9 Å². The van der Waals surface area contributed by atoms with Gasteiger partial charge < -0.3 is 9.64 Å². The lowest BCUT2D eigenvalue weighted by atomic mass is 10.0. The third-order valence-electron chi connectivity index (χ3n) is 4.70. The number of likely N-dealkylation sites (N-methyl/N-ethyl adjacent to an activating group) is 1. The first-order chi connectivity index (χ1) is 11.7. The SMILES string of the molecule is COc1cccc(C2CCCN2CC(=O)N(C)c2ccccc2)c1. The van der Waals surface area contributed by atoms with E-state index in [1.807, 2.05) is 49.5 Å². The highest BCUT2D eigenvalue weighted by atomic mass is 16.5. The molecule has 0 aliphatic carbocycles. The Morgan fingerprint density at radius 2 is 2.00 bits per heavy atom. The molecule has 2 aromatic rings. The van der Waals surface area contributed by atoms with Gasteiger partial charge in [0.25, 0.3) is 0 Å². The first-order valence-electron chi connectivity index (χ1n) is 8.38. The summed E-state index contributed by atoms with van der Waals surface area (Å²) >= 11 is 0. The molecule has 1 saturated heterocycles. The van der Waals surface area contributed by atoms with Crippen LogP contribution in [-0.2, 0) is 4.79 Å². The van der Waals surface area contributed by atoms with Gasteiger partial charge in [-0.3, -0.25) is 9.69 Å². The number of methoxy groups -OCH3 is 1. The number of rotatable bonds is 5. The number of hydrogen-bond acceptors (Lipinski definition) is 3. The van der Waals surface area contributed by atoms with Crippen molar-refractivity contribution in [1.29, 1.82) is 0 Å². The summed E-state index contributed by atoms with van der Waals surface area (Å²) in [6.07, 6.45) is 2.19. The third kappa shape index (κ3) is 3.60. The fourth-order valence-electron chi connectivity index (χ4n) is 3.32. The number of anilines is 1. The molecule has 1 fully saturated rings. The van der Waals surface area contributed by atoms with Gasteiger partial charge >= 0.3 is 0 Å². The predicted octanol–water partition coefficient (Wildman–Crippen LogP) is 3.50. The molecule has 0 N–H and O–H groups in total. The van der Waals surface area contributed by atoms with Crippen molar-refractivity contribution < 1.29 is 9.53 Å². The summed E-state index contributed by atoms with van der Waals surface area (Å²) < 4.78 is 5.33. The van der Waals surface area contributed by atoms with Gasteiger partial charge in [-0.15, -0.1) is 0 Å². The summed E-state index contributed by atoms with van der Waals surface area (Å²) in [4.78, 5) is 16.7. The van der Waals surface area contributed by atoms with E-state index in [0.717, 1.165) is 30.8 Å². The zero-order valence-electron chi connectivity index (χ0n) is 14.3. The summed E-state index contributed by atoms with van der Waals surface area (Å²) in [5, 5.41) is 0. The molecule has 0 saturated carbocycles. The van der Waals surface area contributed by atoms with E-state index in [1.54, 1.807) is 12.0 Å². The maximum absolute atomic E-state index is 12.7. The van der Waals surface area contributed by atoms with Gasteiger partial charge in [-0.1, -0.05) is 30.3 Å². The number of amides is 1. The molecule has 1 heterocycles. The van der Waals surface area contributed by atoms with Gasteiger partial charge in [0.05, 0.1) is 13.7 Å². The average Bonchev–Trinajstić information content (AvgIpc) is 3.10. The van der Waals surface area contributed by atoms with Crippen LogP contribution in [0.15, 0.2) is 54.6 Å². The summed E-state index contributed by atoms with van der Waals surface area (Å²) in [6, 6.07) is 18.2. The number of carbonyl (C=O) groups excluding carboxylic acids is 1. The number of nitrogens with zero attached hydrogens (tertiary/aromatic N) is 2. The summed E-state index contributed by atoms with van der Waals surface area (Å²) in [5.41, 5.74) is 2.15. The largest absolute Gasteiger partial charge is 0.497 e. The highest BCUT2D eigenvalue weighted by Gasteiger charge is 2.28. The third-order valence-corrected chi connectivity index (χ3v) is 4.70. The Bertz CT molecular complexity index is 687. The van der Waals surface area contributed by atoms with Crippen molar-refractivity contribution in [1.82, 2.24) is 4.90 Å². The molecule has 0 spiro atoms. The molecule has 0 radical (unpaired) electrons. The van der Waals surface area contributed by atoms with Gasteiger partial charge in [-0.25, -0.2) is 0 Å². The van der Waals surface area contributed by atoms with Crippen molar-refractivity contribution in [2.75, 3.05) is 32.1 Å². The highest BCUT2D eigenvalue weighted by Crippen LogP contribution is 2.33. The molecule has 2 aromatic carbocycles. The maximum atomic E-state index is 12.7. The van der Waals surface area contributed by atoms with E-state index in [2.05, 4.69) is 17.0 Å². The summed E-state index contributed by atoms with van der Waals surface area (Å²) in [6.45, 7) is 1.39. The van der Waals surface area contributed by atoms with E-state index in [1.165, 1.54) is 5.56 Å². The quantitative estimate of drug-likeness (QED) is 0.844. The fourth-order valence-corrected chi connectivity index (χ4v) is 3.32. The van der Waals surface area contributed by atoms with Crippen LogP contribution in [0.25, 0.3) is 0 Å². The normalized spacial score (nSPS) is 17.7. The van der Waals surface area contributed by atoms with Crippen molar-refractivity contribution in [3.63, 3.8) is 0 Å². The van der Waals surface area contributed by atoms with Gasteiger partial charge in [0, 0.05) is 18.8 Å². The van der Waals surface area contributed by atoms with Crippen LogP contribution < -0.4 is 9.64 Å². The van der Waals surface area contributed by atoms with E-state index < -0.39 is 0 Å². The zero-order chi connectivity index (χ0) is 16.9. The van der Waals surface area contributed by atoms with Gasteiger partial charge in [-0.2, -0.15) is 0 Å². The molecule has 0 aromatic heterocycles. The van der Waals surface area contributed by atoms with E-state index in [9.17, 15) is 4.79 Å². The molecule has 24 heavy (non-hydrogen) atoms. The Morgan fingerprint density at radius 1 is 1.21 bits per heavy atom. The second-order valence-electron chi connectivity index (χ2n) is 6.19. The summed E-state index contributed by atoms with van der Waals surface area (Å²) in [5.74, 6) is 0.989. The summed E-state index contributed by atoms with van der Waals surface area (Å²) in [7, 11) is 3.53. The van der Waals surface area contributed by atoms with Crippen molar-refractivity contribution in [2.45, 2.75) is 18.9 Å². The minimum atomic E-state index is 0.121. The molecule has 126 valence electrons. The minimum absolute atomic E-state index is 0.121. The molecule has 4 nitrogen and oxygen atoms in total. The van der Waals surface area contributed by atoms with Crippen molar-refractivity contribution in [3.8, 4) is 5.75 Å². The standard InChI is InChI=1S/C20H24N2O2/c1-21(17-9-4-3-5-10-17)20(23)15-22-13-7-12-19(22)16-8-6-11-18(14-16)24-2/h3-6,8-11,14,19H,7,12-13,15H2,1-2H3.